The van der Waals surface area contributed by atoms with Gasteiger partial charge < -0.3 is 10.6 Å². The number of hydrogen-bond donors (Lipinski definition) is 1. The van der Waals surface area contributed by atoms with Gasteiger partial charge in [0.15, 0.2) is 0 Å². The first-order valence-electron chi connectivity index (χ1n) is 7.22. The molecule has 0 atom stereocenters. The lowest BCUT2D eigenvalue weighted by molar-refractivity contribution is -0.127. The third kappa shape index (κ3) is 5.06. The molecule has 4 heteroatoms. The summed E-state index contributed by atoms with van der Waals surface area (Å²) < 4.78 is 0. The molecule has 3 nitrogen and oxygen atoms in total. The molecule has 1 heterocycles. The number of piperidine rings is 1. The number of hydrogen-bond acceptors (Lipinski definition) is 3. The molecule has 0 spiro atoms. The number of likely N-dealkylation sites (tertiary alicyclic amines) is 1. The lowest BCUT2D eigenvalue weighted by Crippen LogP contribution is -2.42. The van der Waals surface area contributed by atoms with Crippen LogP contribution in [0.4, 0.5) is 0 Å². The molecule has 21 heavy (non-hydrogen) atoms. The number of rotatable bonds is 4. The molecule has 2 N–H and O–H groups in total. The summed E-state index contributed by atoms with van der Waals surface area (Å²) in [7, 11) is 0. The maximum Gasteiger partial charge on any atom is 0.246 e. The van der Waals surface area contributed by atoms with E-state index < -0.39 is 0 Å². The van der Waals surface area contributed by atoms with E-state index in [-0.39, 0.29) is 11.9 Å². The predicted octanol–water partition coefficient (Wildman–Crippen LogP) is 2.93. The summed E-state index contributed by atoms with van der Waals surface area (Å²) in [5.74, 6) is 0.0734. The van der Waals surface area contributed by atoms with Crippen molar-refractivity contribution in [2.75, 3.05) is 19.3 Å². The van der Waals surface area contributed by atoms with E-state index in [2.05, 4.69) is 30.5 Å². The number of thioether (sulfide) groups is 1. The van der Waals surface area contributed by atoms with E-state index in [1.54, 1.807) is 23.9 Å². The summed E-state index contributed by atoms with van der Waals surface area (Å²) in [6.07, 6.45) is 11.2. The monoisotopic (exact) mass is 302 g/mol. The van der Waals surface area contributed by atoms with Crippen molar-refractivity contribution in [2.24, 2.45) is 5.73 Å². The number of nitrogens with two attached hydrogens (primary N) is 1. The van der Waals surface area contributed by atoms with Crippen LogP contribution in [0, 0.1) is 0 Å². The van der Waals surface area contributed by atoms with E-state index in [0.29, 0.717) is 0 Å². The molecule has 1 aromatic rings. The van der Waals surface area contributed by atoms with Gasteiger partial charge in [0.05, 0.1) is 0 Å². The van der Waals surface area contributed by atoms with Crippen LogP contribution in [0.2, 0.25) is 0 Å². The number of carbonyl (C=O) groups is 1. The Balaban J connectivity index is 1.83. The van der Waals surface area contributed by atoms with Gasteiger partial charge in [0.2, 0.25) is 5.91 Å². The molecule has 1 aromatic carbocycles. The number of allylic oxidation sites excluding steroid dienone is 2. The van der Waals surface area contributed by atoms with Crippen LogP contribution in [0.3, 0.4) is 0 Å². The normalized spacial score (nSPS) is 17.0. The van der Waals surface area contributed by atoms with Gasteiger partial charge in [-0.3, -0.25) is 4.79 Å². The van der Waals surface area contributed by atoms with Gasteiger partial charge in [-0.25, -0.2) is 0 Å². The second-order valence-electron chi connectivity index (χ2n) is 5.15. The zero-order valence-electron chi connectivity index (χ0n) is 12.4. The molecule has 1 saturated heterocycles. The van der Waals surface area contributed by atoms with E-state index in [1.807, 2.05) is 17.1 Å². The van der Waals surface area contributed by atoms with Crippen LogP contribution in [-0.4, -0.2) is 36.2 Å². The van der Waals surface area contributed by atoms with Crippen LogP contribution in [0.25, 0.3) is 6.08 Å². The van der Waals surface area contributed by atoms with Crippen molar-refractivity contribution in [1.82, 2.24) is 4.90 Å². The van der Waals surface area contributed by atoms with Crippen molar-refractivity contribution >= 4 is 23.7 Å². The highest BCUT2D eigenvalue weighted by Crippen LogP contribution is 2.15. The average Bonchev–Trinajstić information content (AvgIpc) is 2.52. The zero-order chi connectivity index (χ0) is 15.1. The van der Waals surface area contributed by atoms with Crippen LogP contribution in [-0.2, 0) is 4.79 Å². The van der Waals surface area contributed by atoms with Crippen molar-refractivity contribution in [3.8, 4) is 0 Å². The van der Waals surface area contributed by atoms with Crippen LogP contribution in [0.1, 0.15) is 18.4 Å². The zero-order valence-corrected chi connectivity index (χ0v) is 13.2. The number of carbonyl (C=O) groups excluding carboxylic acids is 1. The van der Waals surface area contributed by atoms with E-state index in [0.717, 1.165) is 31.5 Å². The van der Waals surface area contributed by atoms with Crippen LogP contribution < -0.4 is 5.73 Å². The first-order valence-corrected chi connectivity index (χ1v) is 8.45. The van der Waals surface area contributed by atoms with Gasteiger partial charge in [-0.2, -0.15) is 0 Å². The molecule has 0 aliphatic carbocycles. The molecule has 1 aliphatic heterocycles. The third-order valence-corrected chi connectivity index (χ3v) is 4.35. The minimum absolute atomic E-state index is 0.0734. The van der Waals surface area contributed by atoms with Gasteiger partial charge in [-0.05, 0) is 36.8 Å². The van der Waals surface area contributed by atoms with Gasteiger partial charge in [0.1, 0.15) is 0 Å². The smallest absolute Gasteiger partial charge is 0.246 e. The van der Waals surface area contributed by atoms with Crippen molar-refractivity contribution in [1.29, 1.82) is 0 Å². The number of nitrogens with zero attached hydrogens (tertiary/aromatic N) is 1. The van der Waals surface area contributed by atoms with Gasteiger partial charge in [0.25, 0.3) is 0 Å². The van der Waals surface area contributed by atoms with Crippen molar-refractivity contribution in [3.05, 3.63) is 48.1 Å². The van der Waals surface area contributed by atoms with E-state index in [9.17, 15) is 4.79 Å². The summed E-state index contributed by atoms with van der Waals surface area (Å²) in [6.45, 7) is 1.54. The lowest BCUT2D eigenvalue weighted by Gasteiger charge is -2.29. The van der Waals surface area contributed by atoms with Crippen molar-refractivity contribution in [3.63, 3.8) is 0 Å². The summed E-state index contributed by atoms with van der Waals surface area (Å²) in [5, 5.41) is 0. The molecule has 112 valence electrons. The fraction of sp³-hybridized carbons (Fsp3) is 0.353. The first-order chi connectivity index (χ1) is 10.2. The highest BCUT2D eigenvalue weighted by molar-refractivity contribution is 7.98. The Bertz CT molecular complexity index is 514. The fourth-order valence-electron chi connectivity index (χ4n) is 2.24. The molecule has 0 radical (unpaired) electrons. The summed E-state index contributed by atoms with van der Waals surface area (Å²) in [4.78, 5) is 15.1. The van der Waals surface area contributed by atoms with Crippen molar-refractivity contribution in [2.45, 2.75) is 23.8 Å². The molecule has 2 rings (SSSR count). The lowest BCUT2D eigenvalue weighted by atomic mass is 10.1. The van der Waals surface area contributed by atoms with E-state index in [4.69, 9.17) is 5.73 Å². The van der Waals surface area contributed by atoms with Gasteiger partial charge in [-0.1, -0.05) is 30.4 Å². The molecular weight excluding hydrogens is 280 g/mol. The molecule has 1 aliphatic rings. The summed E-state index contributed by atoms with van der Waals surface area (Å²) in [5.41, 5.74) is 6.97. The topological polar surface area (TPSA) is 46.3 Å². The van der Waals surface area contributed by atoms with E-state index >= 15 is 0 Å². The minimum atomic E-state index is 0.0734. The van der Waals surface area contributed by atoms with E-state index in [1.165, 1.54) is 4.90 Å². The van der Waals surface area contributed by atoms with Crippen LogP contribution >= 0.6 is 11.8 Å². The van der Waals surface area contributed by atoms with Gasteiger partial charge in [0, 0.05) is 30.1 Å². The molecular formula is C17H22N2OS. The Labute approximate surface area is 130 Å². The van der Waals surface area contributed by atoms with Crippen LogP contribution in [0.5, 0.6) is 0 Å². The quantitative estimate of drug-likeness (QED) is 0.528. The molecule has 0 saturated carbocycles. The maximum absolute atomic E-state index is 12.0. The fourth-order valence-corrected chi connectivity index (χ4v) is 2.65. The Morgan fingerprint density at radius 2 is 1.90 bits per heavy atom. The first kappa shape index (κ1) is 15.9. The number of benzene rings is 1. The SMILES string of the molecule is CSc1ccc(/C=C/C=C/C(=O)N2CCC(N)CC2)cc1. The average molecular weight is 302 g/mol. The number of amides is 1. The largest absolute Gasteiger partial charge is 0.339 e. The molecule has 1 fully saturated rings. The Kier molecular flexibility index (Phi) is 6.08. The van der Waals surface area contributed by atoms with Crippen molar-refractivity contribution < 1.29 is 4.79 Å². The second kappa shape index (κ2) is 8.05. The summed E-state index contributed by atoms with van der Waals surface area (Å²) >= 11 is 1.73. The minimum Gasteiger partial charge on any atom is -0.339 e. The highest BCUT2D eigenvalue weighted by Gasteiger charge is 2.18. The predicted molar refractivity (Wildman–Crippen MR) is 90.2 cm³/mol. The van der Waals surface area contributed by atoms with Gasteiger partial charge in [-0.15, -0.1) is 11.8 Å². The Morgan fingerprint density at radius 1 is 1.24 bits per heavy atom. The molecule has 0 bridgehead atoms. The third-order valence-electron chi connectivity index (χ3n) is 3.61. The van der Waals surface area contributed by atoms with Crippen LogP contribution in [0.15, 0.2) is 47.4 Å². The second-order valence-corrected chi connectivity index (χ2v) is 6.03. The van der Waals surface area contributed by atoms with Gasteiger partial charge >= 0.3 is 0 Å². The summed E-state index contributed by atoms with van der Waals surface area (Å²) in [6, 6.07) is 8.59. The Morgan fingerprint density at radius 3 is 2.52 bits per heavy atom. The Hall–Kier alpha value is -1.52. The molecule has 1 amide bonds. The maximum atomic E-state index is 12.0. The molecule has 0 aromatic heterocycles. The standard InChI is InChI=1S/C17H22N2OS/c1-21-16-8-6-14(7-9-16)4-2-3-5-17(20)19-12-10-15(18)11-13-19/h2-9,15H,10-13,18H2,1H3/b4-2+,5-3+. The molecule has 0 unspecified atom stereocenters. The highest BCUT2D eigenvalue weighted by atomic mass is 32.2.